The molecule has 0 aliphatic carbocycles. The minimum Gasteiger partial charge on any atom is -0.405 e. The monoisotopic (exact) mass is 244 g/mol. The number of unbranched alkanes of at least 4 members (excludes halogenated alkanes) is 1. The Labute approximate surface area is 98.0 Å². The summed E-state index contributed by atoms with van der Waals surface area (Å²) in [5.41, 5.74) is -0.829. The van der Waals surface area contributed by atoms with Crippen LogP contribution in [0.15, 0.2) is 0 Å². The van der Waals surface area contributed by atoms with Gasteiger partial charge in [-0.15, -0.1) is 0 Å². The second-order valence-corrected chi connectivity index (χ2v) is 6.86. The van der Waals surface area contributed by atoms with Gasteiger partial charge in [0.1, 0.15) is 0 Å². The van der Waals surface area contributed by atoms with Crippen molar-refractivity contribution in [2.75, 3.05) is 0 Å². The maximum atomic E-state index is 11.8. The highest BCUT2D eigenvalue weighted by molar-refractivity contribution is 6.48. The van der Waals surface area contributed by atoms with E-state index in [1.165, 1.54) is 0 Å². The topological polar surface area (TPSA) is 52.6 Å². The van der Waals surface area contributed by atoms with E-state index in [2.05, 4.69) is 6.92 Å². The summed E-state index contributed by atoms with van der Waals surface area (Å²) < 4.78 is 10.6. The first-order valence-corrected chi connectivity index (χ1v) is 8.71. The van der Waals surface area contributed by atoms with Crippen molar-refractivity contribution in [3.05, 3.63) is 0 Å². The molecule has 0 bridgehead atoms. The van der Waals surface area contributed by atoms with Gasteiger partial charge in [-0.1, -0.05) is 19.8 Å². The number of carbonyl (C=O) groups excluding carboxylic acids is 2. The average molecular weight is 244 g/mol. The molecule has 0 aromatic rings. The Kier molecular flexibility index (Phi) is 4.67. The standard InChI is InChI=1S/C11H20O4Si/c1-4-5-7-11(15-16(2)3)8-6-9(12)14-10(11)13/h16H,4-8H2,1-3H3. The molecule has 4 nitrogen and oxygen atoms in total. The molecule has 0 aromatic heterocycles. The van der Waals surface area contributed by atoms with Crippen molar-refractivity contribution >= 4 is 21.0 Å². The summed E-state index contributed by atoms with van der Waals surface area (Å²) in [6.45, 7) is 6.12. The summed E-state index contributed by atoms with van der Waals surface area (Å²) in [5.74, 6) is -0.899. The van der Waals surface area contributed by atoms with Gasteiger partial charge < -0.3 is 9.16 Å². The SMILES string of the molecule is CCCCC1(O[SiH](C)C)CCC(=O)OC1=O. The molecule has 92 valence electrons. The van der Waals surface area contributed by atoms with Crippen LogP contribution in [0.5, 0.6) is 0 Å². The Morgan fingerprint density at radius 1 is 1.44 bits per heavy atom. The van der Waals surface area contributed by atoms with Crippen LogP contribution in [0.3, 0.4) is 0 Å². The van der Waals surface area contributed by atoms with E-state index in [9.17, 15) is 9.59 Å². The molecule has 16 heavy (non-hydrogen) atoms. The zero-order valence-electron chi connectivity index (χ0n) is 10.2. The van der Waals surface area contributed by atoms with E-state index >= 15 is 0 Å². The number of ether oxygens (including phenoxy) is 1. The molecule has 0 amide bonds. The highest BCUT2D eigenvalue weighted by atomic mass is 28.3. The van der Waals surface area contributed by atoms with Crippen LogP contribution < -0.4 is 0 Å². The molecule has 0 aromatic carbocycles. The first-order valence-electron chi connectivity index (χ1n) is 5.93. The van der Waals surface area contributed by atoms with Gasteiger partial charge in [0.2, 0.25) is 0 Å². The van der Waals surface area contributed by atoms with E-state index < -0.39 is 26.6 Å². The van der Waals surface area contributed by atoms with E-state index in [4.69, 9.17) is 9.16 Å². The molecule has 1 fully saturated rings. The van der Waals surface area contributed by atoms with Crippen molar-refractivity contribution in [2.45, 2.75) is 57.7 Å². The normalized spacial score (nSPS) is 26.0. The summed E-state index contributed by atoms with van der Waals surface area (Å²) in [6, 6.07) is 0. The lowest BCUT2D eigenvalue weighted by Gasteiger charge is -2.35. The van der Waals surface area contributed by atoms with Gasteiger partial charge in [0.05, 0.1) is 0 Å². The second-order valence-electron chi connectivity index (χ2n) is 4.53. The van der Waals surface area contributed by atoms with E-state index in [1.54, 1.807) is 0 Å². The lowest BCUT2D eigenvalue weighted by atomic mass is 9.90. The van der Waals surface area contributed by atoms with E-state index in [1.807, 2.05) is 13.1 Å². The van der Waals surface area contributed by atoms with Crippen molar-refractivity contribution in [3.63, 3.8) is 0 Å². The lowest BCUT2D eigenvalue weighted by Crippen LogP contribution is -2.49. The van der Waals surface area contributed by atoms with Crippen LogP contribution >= 0.6 is 0 Å². The Hall–Kier alpha value is -0.683. The summed E-state index contributed by atoms with van der Waals surface area (Å²) in [4.78, 5) is 22.9. The maximum absolute atomic E-state index is 11.8. The summed E-state index contributed by atoms with van der Waals surface area (Å²) >= 11 is 0. The smallest absolute Gasteiger partial charge is 0.344 e. The molecule has 0 N–H and O–H groups in total. The first kappa shape index (κ1) is 13.4. The van der Waals surface area contributed by atoms with Crippen LogP contribution in [-0.4, -0.2) is 26.6 Å². The molecular formula is C11H20O4Si. The van der Waals surface area contributed by atoms with Gasteiger partial charge in [0.25, 0.3) is 0 Å². The van der Waals surface area contributed by atoms with Crippen molar-refractivity contribution in [2.24, 2.45) is 0 Å². The van der Waals surface area contributed by atoms with E-state index in [0.717, 1.165) is 12.8 Å². The van der Waals surface area contributed by atoms with Crippen LogP contribution in [0.25, 0.3) is 0 Å². The predicted octanol–water partition coefficient (Wildman–Crippen LogP) is 1.78. The first-order chi connectivity index (χ1) is 7.50. The van der Waals surface area contributed by atoms with Crippen LogP contribution in [0.1, 0.15) is 39.0 Å². The number of cyclic esters (lactones) is 2. The van der Waals surface area contributed by atoms with Gasteiger partial charge in [-0.2, -0.15) is 0 Å². The lowest BCUT2D eigenvalue weighted by molar-refractivity contribution is -0.180. The second kappa shape index (κ2) is 5.59. The van der Waals surface area contributed by atoms with Gasteiger partial charge in [-0.3, -0.25) is 4.79 Å². The minimum atomic E-state index is -1.32. The van der Waals surface area contributed by atoms with Gasteiger partial charge >= 0.3 is 11.9 Å². The van der Waals surface area contributed by atoms with E-state index in [-0.39, 0.29) is 6.42 Å². The predicted molar refractivity (Wildman–Crippen MR) is 62.6 cm³/mol. The zero-order valence-corrected chi connectivity index (χ0v) is 11.4. The number of carbonyl (C=O) groups is 2. The van der Waals surface area contributed by atoms with Gasteiger partial charge in [0, 0.05) is 6.42 Å². The minimum absolute atomic E-state index is 0.288. The third-order valence-corrected chi connectivity index (χ3v) is 3.63. The van der Waals surface area contributed by atoms with Gasteiger partial charge in [-0.25, -0.2) is 4.79 Å². The van der Waals surface area contributed by atoms with Gasteiger partial charge in [-0.05, 0) is 25.9 Å². The fraction of sp³-hybridized carbons (Fsp3) is 0.818. The van der Waals surface area contributed by atoms with E-state index in [0.29, 0.717) is 12.8 Å². The van der Waals surface area contributed by atoms with Crippen LogP contribution in [0.2, 0.25) is 13.1 Å². The number of esters is 2. The fourth-order valence-corrected chi connectivity index (χ4v) is 3.19. The molecule has 1 aliphatic rings. The molecule has 0 radical (unpaired) electrons. The Morgan fingerprint density at radius 3 is 2.62 bits per heavy atom. The zero-order chi connectivity index (χ0) is 12.2. The Balaban J connectivity index is 2.76. The molecular weight excluding hydrogens is 224 g/mol. The van der Waals surface area contributed by atoms with Crippen molar-refractivity contribution in [3.8, 4) is 0 Å². The summed E-state index contributed by atoms with van der Waals surface area (Å²) in [6.07, 6.45) is 3.36. The molecule has 1 heterocycles. The van der Waals surface area contributed by atoms with Crippen molar-refractivity contribution in [1.82, 2.24) is 0 Å². The molecule has 1 atom stereocenters. The largest absolute Gasteiger partial charge is 0.405 e. The molecule has 1 unspecified atom stereocenters. The molecule has 1 rings (SSSR count). The third-order valence-electron chi connectivity index (χ3n) is 2.71. The molecule has 0 saturated carbocycles. The average Bonchev–Trinajstić information content (AvgIpc) is 2.20. The molecule has 1 saturated heterocycles. The highest BCUT2D eigenvalue weighted by Crippen LogP contribution is 2.31. The fourth-order valence-electron chi connectivity index (χ4n) is 1.96. The Bertz CT molecular complexity index is 277. The van der Waals surface area contributed by atoms with Crippen LogP contribution in [-0.2, 0) is 18.8 Å². The van der Waals surface area contributed by atoms with Crippen LogP contribution in [0.4, 0.5) is 0 Å². The molecule has 0 spiro atoms. The number of hydrogen-bond acceptors (Lipinski definition) is 4. The highest BCUT2D eigenvalue weighted by Gasteiger charge is 2.45. The third kappa shape index (κ3) is 3.15. The van der Waals surface area contributed by atoms with Crippen molar-refractivity contribution < 1.29 is 18.8 Å². The summed E-state index contributed by atoms with van der Waals surface area (Å²) in [5, 5.41) is 0. The number of hydrogen-bond donors (Lipinski definition) is 0. The number of rotatable bonds is 5. The molecule has 5 heteroatoms. The Morgan fingerprint density at radius 2 is 2.12 bits per heavy atom. The van der Waals surface area contributed by atoms with Gasteiger partial charge in [0.15, 0.2) is 14.6 Å². The van der Waals surface area contributed by atoms with Crippen molar-refractivity contribution in [1.29, 1.82) is 0 Å². The molecule has 1 aliphatic heterocycles. The quantitative estimate of drug-likeness (QED) is 0.420. The maximum Gasteiger partial charge on any atom is 0.344 e. The summed E-state index contributed by atoms with van der Waals surface area (Å²) in [7, 11) is -1.32. The van der Waals surface area contributed by atoms with Crippen LogP contribution in [0, 0.1) is 0 Å².